The molecule has 2 rings (SSSR count). The van der Waals surface area contributed by atoms with Gasteiger partial charge in [0.05, 0.1) is 10.8 Å². The molecule has 0 bridgehead atoms. The minimum Gasteiger partial charge on any atom is -0.323 e. The standard InChI is InChI=1S/C16H18BrNOS/c1-11-7-12(2)9-13(8-11)16(18)10-20(19)15-5-3-14(17)4-6-15/h3-9,16H,10,18H2,1-2H3. The Labute approximate surface area is 131 Å². The highest BCUT2D eigenvalue weighted by atomic mass is 79.9. The lowest BCUT2D eigenvalue weighted by atomic mass is 10.0. The van der Waals surface area contributed by atoms with Gasteiger partial charge in [0, 0.05) is 21.2 Å². The van der Waals surface area contributed by atoms with E-state index in [4.69, 9.17) is 5.73 Å². The Morgan fingerprint density at radius 1 is 1.10 bits per heavy atom. The lowest BCUT2D eigenvalue weighted by Gasteiger charge is -2.13. The van der Waals surface area contributed by atoms with E-state index < -0.39 is 10.8 Å². The Morgan fingerprint density at radius 3 is 2.20 bits per heavy atom. The van der Waals surface area contributed by atoms with Crippen LogP contribution in [0, 0.1) is 13.8 Å². The molecule has 0 spiro atoms. The van der Waals surface area contributed by atoms with Crippen molar-refractivity contribution in [3.05, 3.63) is 63.6 Å². The Kier molecular flexibility index (Phi) is 5.13. The SMILES string of the molecule is Cc1cc(C)cc(C(N)CS(=O)c2ccc(Br)cc2)c1. The molecule has 2 unspecified atom stereocenters. The van der Waals surface area contributed by atoms with Crippen LogP contribution >= 0.6 is 15.9 Å². The van der Waals surface area contributed by atoms with Gasteiger partial charge in [-0.1, -0.05) is 45.3 Å². The molecule has 20 heavy (non-hydrogen) atoms. The number of halogens is 1. The van der Waals surface area contributed by atoms with Gasteiger partial charge in [0.1, 0.15) is 0 Å². The second-order valence-corrected chi connectivity index (χ2v) is 7.41. The van der Waals surface area contributed by atoms with E-state index in [9.17, 15) is 4.21 Å². The molecule has 0 aliphatic heterocycles. The molecule has 0 heterocycles. The van der Waals surface area contributed by atoms with Crippen molar-refractivity contribution in [2.24, 2.45) is 5.73 Å². The van der Waals surface area contributed by atoms with E-state index in [1.54, 1.807) is 0 Å². The van der Waals surface area contributed by atoms with Crippen molar-refractivity contribution < 1.29 is 4.21 Å². The molecule has 0 aliphatic carbocycles. The summed E-state index contributed by atoms with van der Waals surface area (Å²) in [5.41, 5.74) is 9.62. The van der Waals surface area contributed by atoms with Crippen LogP contribution in [0.25, 0.3) is 0 Å². The predicted molar refractivity (Wildman–Crippen MR) is 88.3 cm³/mol. The molecule has 4 heteroatoms. The van der Waals surface area contributed by atoms with E-state index in [0.29, 0.717) is 5.75 Å². The highest BCUT2D eigenvalue weighted by molar-refractivity contribution is 9.10. The molecule has 0 fully saturated rings. The maximum Gasteiger partial charge on any atom is 0.0548 e. The Bertz CT molecular complexity index is 605. The molecule has 2 N–H and O–H groups in total. The third kappa shape index (κ3) is 4.01. The van der Waals surface area contributed by atoms with Crippen LogP contribution in [-0.2, 0) is 10.8 Å². The van der Waals surface area contributed by atoms with Crippen LogP contribution in [0.2, 0.25) is 0 Å². The first-order valence-corrected chi connectivity index (χ1v) is 8.54. The summed E-state index contributed by atoms with van der Waals surface area (Å²) in [7, 11) is -1.08. The first-order chi connectivity index (χ1) is 9.45. The fraction of sp³-hybridized carbons (Fsp3) is 0.250. The van der Waals surface area contributed by atoms with Crippen LogP contribution in [-0.4, -0.2) is 9.96 Å². The van der Waals surface area contributed by atoms with Gasteiger partial charge in [-0.2, -0.15) is 0 Å². The van der Waals surface area contributed by atoms with Gasteiger partial charge >= 0.3 is 0 Å². The fourth-order valence-electron chi connectivity index (χ4n) is 2.17. The fourth-order valence-corrected chi connectivity index (χ4v) is 3.58. The minimum atomic E-state index is -1.08. The maximum atomic E-state index is 12.3. The molecule has 2 nitrogen and oxygen atoms in total. The van der Waals surface area contributed by atoms with Crippen molar-refractivity contribution >= 4 is 26.7 Å². The number of rotatable bonds is 4. The molecule has 0 saturated heterocycles. The van der Waals surface area contributed by atoms with Crippen LogP contribution < -0.4 is 5.73 Å². The second kappa shape index (κ2) is 6.66. The van der Waals surface area contributed by atoms with Crippen LogP contribution in [0.15, 0.2) is 51.8 Å². The van der Waals surface area contributed by atoms with Crippen molar-refractivity contribution in [1.82, 2.24) is 0 Å². The zero-order valence-corrected chi connectivity index (χ0v) is 14.0. The van der Waals surface area contributed by atoms with Gasteiger partial charge < -0.3 is 5.73 Å². The van der Waals surface area contributed by atoms with E-state index in [2.05, 4.69) is 48.0 Å². The van der Waals surface area contributed by atoms with Crippen molar-refractivity contribution in [3.8, 4) is 0 Å². The van der Waals surface area contributed by atoms with Gasteiger partial charge in [0.25, 0.3) is 0 Å². The molecule has 2 aromatic rings. The number of nitrogens with two attached hydrogens (primary N) is 1. The van der Waals surface area contributed by atoms with Gasteiger partial charge in [-0.25, -0.2) is 0 Å². The molecule has 0 aromatic heterocycles. The summed E-state index contributed by atoms with van der Waals surface area (Å²) < 4.78 is 13.3. The summed E-state index contributed by atoms with van der Waals surface area (Å²) in [6, 6.07) is 13.6. The molecule has 2 atom stereocenters. The third-order valence-corrected chi connectivity index (χ3v) is 5.07. The van der Waals surface area contributed by atoms with E-state index >= 15 is 0 Å². The third-order valence-electron chi connectivity index (χ3n) is 3.08. The van der Waals surface area contributed by atoms with E-state index in [0.717, 1.165) is 14.9 Å². The van der Waals surface area contributed by atoms with Gasteiger partial charge in [0.2, 0.25) is 0 Å². The lowest BCUT2D eigenvalue weighted by Crippen LogP contribution is -2.18. The predicted octanol–water partition coefficient (Wildman–Crippen LogP) is 3.87. The van der Waals surface area contributed by atoms with Gasteiger partial charge in [0.15, 0.2) is 0 Å². The topological polar surface area (TPSA) is 43.1 Å². The van der Waals surface area contributed by atoms with Gasteiger partial charge in [-0.05, 0) is 43.7 Å². The Morgan fingerprint density at radius 2 is 1.65 bits per heavy atom. The van der Waals surface area contributed by atoms with Crippen molar-refractivity contribution in [1.29, 1.82) is 0 Å². The monoisotopic (exact) mass is 351 g/mol. The van der Waals surface area contributed by atoms with Gasteiger partial charge in [-0.15, -0.1) is 0 Å². The summed E-state index contributed by atoms with van der Waals surface area (Å²) in [5.74, 6) is 0.435. The van der Waals surface area contributed by atoms with E-state index in [-0.39, 0.29) is 6.04 Å². The van der Waals surface area contributed by atoms with Crippen LogP contribution in [0.3, 0.4) is 0 Å². The lowest BCUT2D eigenvalue weighted by molar-refractivity contribution is 0.675. The number of benzene rings is 2. The van der Waals surface area contributed by atoms with Crippen LogP contribution in [0.4, 0.5) is 0 Å². The van der Waals surface area contributed by atoms with Crippen molar-refractivity contribution in [3.63, 3.8) is 0 Å². The smallest absolute Gasteiger partial charge is 0.0548 e. The number of aryl methyl sites for hydroxylation is 2. The molecule has 2 aromatic carbocycles. The highest BCUT2D eigenvalue weighted by Crippen LogP contribution is 2.19. The molecule has 0 saturated carbocycles. The molecular weight excluding hydrogens is 334 g/mol. The summed E-state index contributed by atoms with van der Waals surface area (Å²) in [6.45, 7) is 4.10. The first-order valence-electron chi connectivity index (χ1n) is 6.43. The van der Waals surface area contributed by atoms with Crippen molar-refractivity contribution in [2.45, 2.75) is 24.8 Å². The zero-order chi connectivity index (χ0) is 14.7. The average molecular weight is 352 g/mol. The normalized spacial score (nSPS) is 14.0. The van der Waals surface area contributed by atoms with Crippen LogP contribution in [0.1, 0.15) is 22.7 Å². The quantitative estimate of drug-likeness (QED) is 0.908. The number of hydrogen-bond acceptors (Lipinski definition) is 2. The Hall–Kier alpha value is -0.970. The average Bonchev–Trinajstić information content (AvgIpc) is 2.38. The zero-order valence-electron chi connectivity index (χ0n) is 11.6. The summed E-state index contributed by atoms with van der Waals surface area (Å²) in [6.07, 6.45) is 0. The minimum absolute atomic E-state index is 0.210. The molecule has 106 valence electrons. The maximum absolute atomic E-state index is 12.3. The molecular formula is C16H18BrNOS. The molecule has 0 amide bonds. The second-order valence-electron chi connectivity index (χ2n) is 4.99. The largest absolute Gasteiger partial charge is 0.323 e. The molecule has 0 aliphatic rings. The van der Waals surface area contributed by atoms with E-state index in [1.165, 1.54) is 11.1 Å². The summed E-state index contributed by atoms with van der Waals surface area (Å²) in [4.78, 5) is 0.813. The van der Waals surface area contributed by atoms with Crippen LogP contribution in [0.5, 0.6) is 0 Å². The summed E-state index contributed by atoms with van der Waals surface area (Å²) >= 11 is 3.37. The Balaban J connectivity index is 2.12. The van der Waals surface area contributed by atoms with E-state index in [1.807, 2.05) is 24.3 Å². The first kappa shape index (κ1) is 15.4. The summed E-state index contributed by atoms with van der Waals surface area (Å²) in [5, 5.41) is 0. The van der Waals surface area contributed by atoms with Gasteiger partial charge in [-0.3, -0.25) is 4.21 Å². The molecule has 0 radical (unpaired) electrons. The highest BCUT2D eigenvalue weighted by Gasteiger charge is 2.13. The van der Waals surface area contributed by atoms with Crippen molar-refractivity contribution in [2.75, 3.05) is 5.75 Å². The number of hydrogen-bond donors (Lipinski definition) is 1.